The highest BCUT2D eigenvalue weighted by Crippen LogP contribution is 2.41. The van der Waals surface area contributed by atoms with Crippen molar-refractivity contribution in [1.82, 2.24) is 0 Å². The number of hydrogen-bond donors (Lipinski definition) is 0. The number of aryl methyl sites for hydroxylation is 3. The van der Waals surface area contributed by atoms with Gasteiger partial charge in [0, 0.05) is 11.8 Å². The number of hydrogen-bond acceptors (Lipinski definition) is 5. The van der Waals surface area contributed by atoms with E-state index >= 15 is 0 Å². The molecule has 5 nitrogen and oxygen atoms in total. The van der Waals surface area contributed by atoms with E-state index in [1.807, 2.05) is 31.2 Å². The smallest absolute Gasteiger partial charge is 0.232 e. The van der Waals surface area contributed by atoms with E-state index in [9.17, 15) is 4.79 Å². The molecule has 42 heavy (non-hydrogen) atoms. The van der Waals surface area contributed by atoms with Crippen molar-refractivity contribution in [2.24, 2.45) is 5.41 Å². The van der Waals surface area contributed by atoms with E-state index in [1.54, 1.807) is 6.92 Å². The molecule has 2 aliphatic rings. The van der Waals surface area contributed by atoms with E-state index in [0.29, 0.717) is 6.42 Å². The van der Waals surface area contributed by atoms with Crippen molar-refractivity contribution in [3.8, 4) is 5.75 Å². The number of carbonyl (C=O) groups excluding carboxylic acids is 1. The Morgan fingerprint density at radius 2 is 1.50 bits per heavy atom. The Morgan fingerprint density at radius 1 is 0.833 bits per heavy atom. The molecule has 0 saturated carbocycles. The fourth-order valence-electron chi connectivity index (χ4n) is 5.91. The van der Waals surface area contributed by atoms with Gasteiger partial charge >= 0.3 is 0 Å². The second-order valence-corrected chi connectivity index (χ2v) is 13.3. The highest BCUT2D eigenvalue weighted by Gasteiger charge is 2.51. The fraction of sp³-hybridized carbons (Fsp3) is 0.486. The Hall–Kier alpha value is -2.99. The Bertz CT molecular complexity index is 1360. The Labute approximate surface area is 251 Å². The Morgan fingerprint density at radius 3 is 2.21 bits per heavy atom. The van der Waals surface area contributed by atoms with Gasteiger partial charge in [-0.15, -0.1) is 0 Å². The maximum Gasteiger partial charge on any atom is 0.232 e. The van der Waals surface area contributed by atoms with Crippen molar-refractivity contribution >= 4 is 5.78 Å². The molecule has 3 aromatic carbocycles. The minimum atomic E-state index is -0.936. The Balaban J connectivity index is 1.37. The van der Waals surface area contributed by atoms with Crippen LogP contribution in [0.1, 0.15) is 87.3 Å². The minimum Gasteiger partial charge on any atom is -0.462 e. The van der Waals surface area contributed by atoms with Gasteiger partial charge in [0.25, 0.3) is 0 Å². The van der Waals surface area contributed by atoms with Crippen molar-refractivity contribution in [1.29, 1.82) is 0 Å². The van der Waals surface area contributed by atoms with Crippen molar-refractivity contribution in [3.05, 3.63) is 100 Å². The molecule has 5 heteroatoms. The highest BCUT2D eigenvalue weighted by atomic mass is 17.2. The molecule has 0 aliphatic heterocycles. The van der Waals surface area contributed by atoms with E-state index in [-0.39, 0.29) is 23.9 Å². The molecule has 0 aromatic heterocycles. The highest BCUT2D eigenvalue weighted by molar-refractivity contribution is 5.78. The lowest BCUT2D eigenvalue weighted by Gasteiger charge is -2.45. The largest absolute Gasteiger partial charge is 0.462 e. The van der Waals surface area contributed by atoms with Gasteiger partial charge in [-0.05, 0) is 104 Å². The van der Waals surface area contributed by atoms with Gasteiger partial charge in [-0.2, -0.15) is 0 Å². The number of benzene rings is 3. The molecule has 3 atom stereocenters. The average Bonchev–Trinajstić information content (AvgIpc) is 2.96. The summed E-state index contributed by atoms with van der Waals surface area (Å²) in [7, 11) is 0. The molecule has 0 N–H and O–H groups in total. The van der Waals surface area contributed by atoms with Crippen LogP contribution in [0.4, 0.5) is 0 Å². The van der Waals surface area contributed by atoms with Crippen molar-refractivity contribution in [2.75, 3.05) is 0 Å². The lowest BCUT2D eigenvalue weighted by atomic mass is 9.77. The number of fused-ring (bicyclic) bond motifs is 2. The summed E-state index contributed by atoms with van der Waals surface area (Å²) >= 11 is 0. The minimum absolute atomic E-state index is 0.00150. The second-order valence-electron chi connectivity index (χ2n) is 13.3. The molecule has 3 aromatic rings. The quantitative estimate of drug-likeness (QED) is 0.133. The van der Waals surface area contributed by atoms with Crippen LogP contribution < -0.4 is 4.74 Å². The van der Waals surface area contributed by atoms with Gasteiger partial charge in [-0.3, -0.25) is 4.79 Å². The van der Waals surface area contributed by atoms with Crippen LogP contribution in [0.25, 0.3) is 0 Å². The third-order valence-corrected chi connectivity index (χ3v) is 9.05. The predicted octanol–water partition coefficient (Wildman–Crippen LogP) is 7.93. The number of ketones is 1. The SMILES string of the molecule is CC(=O)Cc1ccc(COO[C@](C)(C(Oc2ccc3c(c2)CCCC3)OC2CCc3ccccc3C2)C(C)(C)C)cc1. The van der Waals surface area contributed by atoms with Gasteiger partial charge in [0.15, 0.2) is 5.60 Å². The van der Waals surface area contributed by atoms with Crippen LogP contribution in [-0.4, -0.2) is 23.8 Å². The first-order valence-electron chi connectivity index (χ1n) is 15.5. The van der Waals surface area contributed by atoms with Gasteiger partial charge in [0.1, 0.15) is 18.1 Å². The zero-order valence-electron chi connectivity index (χ0n) is 25.9. The lowest BCUT2D eigenvalue weighted by Crippen LogP contribution is -2.57. The molecule has 2 aliphatic carbocycles. The summed E-state index contributed by atoms with van der Waals surface area (Å²) in [4.78, 5) is 23.8. The van der Waals surface area contributed by atoms with Crippen LogP contribution in [0.5, 0.6) is 5.75 Å². The lowest BCUT2D eigenvalue weighted by molar-refractivity contribution is -0.424. The maximum atomic E-state index is 11.5. The third kappa shape index (κ3) is 7.31. The molecule has 0 saturated heterocycles. The maximum absolute atomic E-state index is 11.5. The van der Waals surface area contributed by atoms with E-state index in [2.05, 4.69) is 63.2 Å². The average molecular weight is 571 g/mol. The number of ether oxygens (including phenoxy) is 2. The first kappa shape index (κ1) is 30.5. The summed E-state index contributed by atoms with van der Waals surface area (Å²) in [6, 6.07) is 23.0. The van der Waals surface area contributed by atoms with Gasteiger partial charge in [0.2, 0.25) is 6.29 Å². The van der Waals surface area contributed by atoms with Gasteiger partial charge in [-0.25, -0.2) is 9.78 Å². The molecule has 224 valence electrons. The van der Waals surface area contributed by atoms with Crippen LogP contribution >= 0.6 is 0 Å². The van der Waals surface area contributed by atoms with Crippen LogP contribution in [0.2, 0.25) is 0 Å². The number of carbonyl (C=O) groups is 1. The molecule has 0 fully saturated rings. The molecular weight excluding hydrogens is 524 g/mol. The molecule has 5 rings (SSSR count). The summed E-state index contributed by atoms with van der Waals surface area (Å²) in [5.74, 6) is 0.951. The van der Waals surface area contributed by atoms with Gasteiger partial charge in [-0.1, -0.05) is 75.4 Å². The molecule has 0 heterocycles. The van der Waals surface area contributed by atoms with E-state index in [0.717, 1.165) is 49.0 Å². The predicted molar refractivity (Wildman–Crippen MR) is 165 cm³/mol. The van der Waals surface area contributed by atoms with Crippen LogP contribution in [0.15, 0.2) is 66.7 Å². The van der Waals surface area contributed by atoms with Crippen molar-refractivity contribution < 1.29 is 24.0 Å². The first-order chi connectivity index (χ1) is 20.1. The molecule has 2 unspecified atom stereocenters. The molecule has 0 bridgehead atoms. The van der Waals surface area contributed by atoms with Crippen LogP contribution in [0, 0.1) is 5.41 Å². The molecular formula is C37H46O5. The van der Waals surface area contributed by atoms with Gasteiger partial charge in [0.05, 0.1) is 6.10 Å². The molecule has 0 spiro atoms. The van der Waals surface area contributed by atoms with Crippen LogP contribution in [0.3, 0.4) is 0 Å². The summed E-state index contributed by atoms with van der Waals surface area (Å²) in [6.07, 6.45) is 7.15. The zero-order valence-corrected chi connectivity index (χ0v) is 25.9. The van der Waals surface area contributed by atoms with Crippen molar-refractivity contribution in [3.63, 3.8) is 0 Å². The van der Waals surface area contributed by atoms with E-state index in [4.69, 9.17) is 19.2 Å². The number of Topliss-reactive ketones (excluding diaryl/α,β-unsaturated/α-hetero) is 1. The summed E-state index contributed by atoms with van der Waals surface area (Å²) in [6.45, 7) is 10.3. The summed E-state index contributed by atoms with van der Waals surface area (Å²) < 4.78 is 13.6. The first-order valence-corrected chi connectivity index (χ1v) is 15.5. The molecule has 0 amide bonds. The molecule has 0 radical (unpaired) electrons. The topological polar surface area (TPSA) is 54.0 Å². The number of rotatable bonds is 11. The normalized spacial score (nSPS) is 18.8. The summed E-state index contributed by atoms with van der Waals surface area (Å²) in [5.41, 5.74) is 6.16. The fourth-order valence-corrected chi connectivity index (χ4v) is 5.91. The van der Waals surface area contributed by atoms with E-state index < -0.39 is 11.9 Å². The second kappa shape index (κ2) is 13.1. The third-order valence-electron chi connectivity index (χ3n) is 9.05. The standard InChI is InChI=1S/C37H46O5/c1-26(38)22-27-14-16-28(17-15-27)25-39-42-37(5,36(2,3)4)35(40-33-20-18-29-10-6-8-12-31(29)23-33)41-34-21-19-30-11-7-9-13-32(30)24-34/h6,8,10,12,14-17,19,21,24,33,35H,7,9,11,13,18,20,22-23,25H2,1-5H3/t33?,35?,37-/m1/s1. The zero-order chi connectivity index (χ0) is 29.7. The summed E-state index contributed by atoms with van der Waals surface area (Å²) in [5, 5.41) is 0. The van der Waals surface area contributed by atoms with Gasteiger partial charge < -0.3 is 9.47 Å². The monoisotopic (exact) mass is 570 g/mol. The van der Waals surface area contributed by atoms with Crippen LogP contribution in [-0.2, 0) is 58.0 Å². The van der Waals surface area contributed by atoms with E-state index in [1.165, 1.54) is 35.1 Å². The van der Waals surface area contributed by atoms with Crippen molar-refractivity contribution in [2.45, 2.75) is 111 Å². The Kier molecular flexibility index (Phi) is 9.51.